The molecular weight excluding hydrogens is 269 g/mol. The molecular formula is C10H9Cl2NO4. The van der Waals surface area contributed by atoms with Crippen LogP contribution in [0.2, 0.25) is 10.0 Å². The van der Waals surface area contributed by atoms with Crippen LogP contribution in [0.25, 0.3) is 0 Å². The van der Waals surface area contributed by atoms with Crippen LogP contribution < -0.4 is 5.32 Å². The van der Waals surface area contributed by atoms with E-state index >= 15 is 0 Å². The summed E-state index contributed by atoms with van der Waals surface area (Å²) in [6, 6.07) is 2.59. The Morgan fingerprint density at radius 2 is 2.06 bits per heavy atom. The average Bonchev–Trinajstić information content (AvgIpc) is 2.25. The number of carbonyl (C=O) groups excluding carboxylic acids is 1. The Balaban J connectivity index is 3.14. The highest BCUT2D eigenvalue weighted by Gasteiger charge is 2.18. The van der Waals surface area contributed by atoms with Crippen LogP contribution in [-0.4, -0.2) is 23.8 Å². The molecule has 0 heterocycles. The van der Waals surface area contributed by atoms with Gasteiger partial charge in [0.2, 0.25) is 0 Å². The zero-order valence-corrected chi connectivity index (χ0v) is 10.3. The topological polar surface area (TPSA) is 75.6 Å². The Morgan fingerprint density at radius 3 is 2.59 bits per heavy atom. The number of halogens is 2. The Labute approximate surface area is 107 Å². The van der Waals surface area contributed by atoms with E-state index in [4.69, 9.17) is 28.3 Å². The molecule has 0 bridgehead atoms. The standard InChI is InChI=1S/C10H9Cl2NO4/c1-2-17-10(16)13-8-5(9(14)15)3-4-6(11)7(8)12/h3-4H,2H2,1H3,(H,13,16)(H,14,15). The minimum absolute atomic E-state index is 0.0420. The predicted octanol–water partition coefficient (Wildman–Crippen LogP) is 3.26. The normalized spacial score (nSPS) is 9.82. The number of rotatable bonds is 3. The summed E-state index contributed by atoms with van der Waals surface area (Å²) in [5, 5.41) is 11.3. The van der Waals surface area contributed by atoms with Crippen molar-refractivity contribution in [3.8, 4) is 0 Å². The SMILES string of the molecule is CCOC(=O)Nc1c(C(=O)O)ccc(Cl)c1Cl. The zero-order chi connectivity index (χ0) is 13.0. The molecule has 1 rings (SSSR count). The van der Waals surface area contributed by atoms with Crippen LogP contribution >= 0.6 is 23.2 Å². The zero-order valence-electron chi connectivity index (χ0n) is 8.79. The first-order valence-corrected chi connectivity index (χ1v) is 5.38. The van der Waals surface area contributed by atoms with Gasteiger partial charge in [-0.1, -0.05) is 23.2 Å². The number of carboxylic acid groups (broad SMARTS) is 1. The van der Waals surface area contributed by atoms with Crippen molar-refractivity contribution in [2.45, 2.75) is 6.92 Å². The summed E-state index contributed by atoms with van der Waals surface area (Å²) in [6.07, 6.45) is -0.792. The minimum atomic E-state index is -1.23. The van der Waals surface area contributed by atoms with E-state index in [-0.39, 0.29) is 27.9 Å². The fourth-order valence-corrected chi connectivity index (χ4v) is 1.49. The molecule has 1 amide bonds. The third-order valence-corrected chi connectivity index (χ3v) is 2.63. The second-order valence-corrected chi connectivity index (χ2v) is 3.72. The molecule has 0 unspecified atom stereocenters. The Hall–Kier alpha value is -1.46. The molecule has 0 aromatic heterocycles. The van der Waals surface area contributed by atoms with Gasteiger partial charge in [-0.2, -0.15) is 0 Å². The maximum Gasteiger partial charge on any atom is 0.411 e. The van der Waals surface area contributed by atoms with Crippen LogP contribution in [0.5, 0.6) is 0 Å². The van der Waals surface area contributed by atoms with Crippen LogP contribution in [-0.2, 0) is 4.74 Å². The summed E-state index contributed by atoms with van der Waals surface area (Å²) < 4.78 is 4.63. The van der Waals surface area contributed by atoms with Gasteiger partial charge >= 0.3 is 12.1 Å². The summed E-state index contributed by atoms with van der Waals surface area (Å²) >= 11 is 11.6. The second-order valence-electron chi connectivity index (χ2n) is 2.93. The third-order valence-electron chi connectivity index (χ3n) is 1.83. The van der Waals surface area contributed by atoms with Crippen molar-refractivity contribution in [3.63, 3.8) is 0 Å². The van der Waals surface area contributed by atoms with E-state index in [0.717, 1.165) is 0 Å². The van der Waals surface area contributed by atoms with Crippen LogP contribution in [0, 0.1) is 0 Å². The van der Waals surface area contributed by atoms with Crippen LogP contribution in [0.1, 0.15) is 17.3 Å². The monoisotopic (exact) mass is 277 g/mol. The van der Waals surface area contributed by atoms with Gasteiger partial charge in [-0.05, 0) is 19.1 Å². The Bertz CT molecular complexity index is 462. The maximum absolute atomic E-state index is 11.2. The number of aromatic carboxylic acids is 1. The van der Waals surface area contributed by atoms with E-state index in [9.17, 15) is 9.59 Å². The van der Waals surface area contributed by atoms with Crippen LogP contribution in [0.3, 0.4) is 0 Å². The highest BCUT2D eigenvalue weighted by atomic mass is 35.5. The van der Waals surface area contributed by atoms with Crippen molar-refractivity contribution in [3.05, 3.63) is 27.7 Å². The van der Waals surface area contributed by atoms with Crippen molar-refractivity contribution in [2.75, 3.05) is 11.9 Å². The van der Waals surface area contributed by atoms with Gasteiger partial charge in [0.15, 0.2) is 0 Å². The number of benzene rings is 1. The van der Waals surface area contributed by atoms with E-state index in [1.165, 1.54) is 12.1 Å². The molecule has 0 aliphatic rings. The average molecular weight is 278 g/mol. The molecule has 1 aromatic rings. The Morgan fingerprint density at radius 1 is 1.41 bits per heavy atom. The molecule has 0 radical (unpaired) electrons. The molecule has 92 valence electrons. The number of hydrogen-bond donors (Lipinski definition) is 2. The fraction of sp³-hybridized carbons (Fsp3) is 0.200. The Kier molecular flexibility index (Phi) is 4.60. The molecule has 0 atom stereocenters. The predicted molar refractivity (Wildman–Crippen MR) is 64.1 cm³/mol. The lowest BCUT2D eigenvalue weighted by Gasteiger charge is -2.11. The van der Waals surface area contributed by atoms with E-state index < -0.39 is 12.1 Å². The fourth-order valence-electron chi connectivity index (χ4n) is 1.12. The summed E-state index contributed by atoms with van der Waals surface area (Å²) in [6.45, 7) is 1.78. The van der Waals surface area contributed by atoms with Gasteiger partial charge in [-0.25, -0.2) is 9.59 Å². The molecule has 7 heteroatoms. The molecule has 0 aliphatic heterocycles. The number of carbonyl (C=O) groups is 2. The van der Waals surface area contributed by atoms with Gasteiger partial charge < -0.3 is 9.84 Å². The summed E-state index contributed by atoms with van der Waals surface area (Å²) in [4.78, 5) is 22.2. The number of hydrogen-bond acceptors (Lipinski definition) is 3. The molecule has 5 nitrogen and oxygen atoms in total. The van der Waals surface area contributed by atoms with Gasteiger partial charge in [0.05, 0.1) is 27.9 Å². The lowest BCUT2D eigenvalue weighted by atomic mass is 10.2. The van der Waals surface area contributed by atoms with Gasteiger partial charge in [0.1, 0.15) is 0 Å². The molecule has 0 saturated carbocycles. The van der Waals surface area contributed by atoms with Gasteiger partial charge in [0, 0.05) is 0 Å². The maximum atomic E-state index is 11.2. The number of ether oxygens (including phenoxy) is 1. The molecule has 0 saturated heterocycles. The molecule has 1 aromatic carbocycles. The van der Waals surface area contributed by atoms with Gasteiger partial charge in [-0.3, -0.25) is 5.32 Å². The summed E-state index contributed by atoms with van der Waals surface area (Å²) in [7, 11) is 0. The van der Waals surface area contributed by atoms with E-state index in [1.54, 1.807) is 6.92 Å². The van der Waals surface area contributed by atoms with Gasteiger partial charge in [-0.15, -0.1) is 0 Å². The first-order valence-electron chi connectivity index (χ1n) is 4.62. The molecule has 0 fully saturated rings. The summed E-state index contributed by atoms with van der Waals surface area (Å²) in [5.74, 6) is -1.23. The van der Waals surface area contributed by atoms with E-state index in [1.807, 2.05) is 0 Å². The van der Waals surface area contributed by atoms with Crippen molar-refractivity contribution in [2.24, 2.45) is 0 Å². The minimum Gasteiger partial charge on any atom is -0.478 e. The number of amides is 1. The number of carboxylic acids is 1. The lowest BCUT2D eigenvalue weighted by Crippen LogP contribution is -2.16. The van der Waals surface area contributed by atoms with Crippen molar-refractivity contribution in [1.29, 1.82) is 0 Å². The van der Waals surface area contributed by atoms with E-state index in [2.05, 4.69) is 10.1 Å². The molecule has 0 spiro atoms. The van der Waals surface area contributed by atoms with Crippen molar-refractivity contribution in [1.82, 2.24) is 0 Å². The lowest BCUT2D eigenvalue weighted by molar-refractivity contribution is 0.0698. The largest absolute Gasteiger partial charge is 0.478 e. The quantitative estimate of drug-likeness (QED) is 0.889. The molecule has 0 aliphatic carbocycles. The van der Waals surface area contributed by atoms with Crippen molar-refractivity contribution >= 4 is 41.0 Å². The number of anilines is 1. The molecule has 2 N–H and O–H groups in total. The number of nitrogens with one attached hydrogen (secondary N) is 1. The third kappa shape index (κ3) is 3.25. The van der Waals surface area contributed by atoms with Gasteiger partial charge in [0.25, 0.3) is 0 Å². The molecule has 17 heavy (non-hydrogen) atoms. The van der Waals surface area contributed by atoms with Crippen LogP contribution in [0.4, 0.5) is 10.5 Å². The first-order chi connectivity index (χ1) is 7.97. The highest BCUT2D eigenvalue weighted by molar-refractivity contribution is 6.44. The first kappa shape index (κ1) is 13.6. The summed E-state index contributed by atoms with van der Waals surface area (Å²) in [5.41, 5.74) is -0.238. The highest BCUT2D eigenvalue weighted by Crippen LogP contribution is 2.33. The van der Waals surface area contributed by atoms with E-state index in [0.29, 0.717) is 0 Å². The smallest absolute Gasteiger partial charge is 0.411 e. The second kappa shape index (κ2) is 5.75. The van der Waals surface area contributed by atoms with Crippen LogP contribution in [0.15, 0.2) is 12.1 Å². The van der Waals surface area contributed by atoms with Crippen molar-refractivity contribution < 1.29 is 19.4 Å².